The molecule has 3 aromatic rings. The fourth-order valence-electron chi connectivity index (χ4n) is 2.57. The molecule has 0 atom stereocenters. The van der Waals surface area contributed by atoms with Crippen molar-refractivity contribution in [2.75, 3.05) is 19.1 Å². The lowest BCUT2D eigenvalue weighted by Crippen LogP contribution is -2.23. The highest BCUT2D eigenvalue weighted by Crippen LogP contribution is 2.33. The topological polar surface area (TPSA) is 115 Å². The molecule has 1 heterocycles. The first-order chi connectivity index (χ1) is 12.9. The fraction of sp³-hybridized carbons (Fsp3) is 0.105. The minimum absolute atomic E-state index is 0.223. The van der Waals surface area contributed by atoms with Gasteiger partial charge in [0, 0.05) is 30.4 Å². The summed E-state index contributed by atoms with van der Waals surface area (Å²) in [4.78, 5) is 28.0. The number of pyridine rings is 1. The van der Waals surface area contributed by atoms with E-state index in [1.807, 2.05) is 0 Å². The quantitative estimate of drug-likeness (QED) is 0.715. The van der Waals surface area contributed by atoms with Crippen LogP contribution in [0.15, 0.2) is 48.7 Å². The number of ether oxygens (including phenoxy) is 2. The van der Waals surface area contributed by atoms with Crippen LogP contribution in [-0.4, -0.2) is 36.2 Å². The first-order valence-electron chi connectivity index (χ1n) is 7.92. The molecule has 2 amide bonds. The number of aromatic nitrogens is 1. The number of primary amides is 1. The van der Waals surface area contributed by atoms with Gasteiger partial charge in [-0.15, -0.1) is 0 Å². The molecule has 2 aromatic carbocycles. The maximum Gasteiger partial charge on any atom is 0.411 e. The normalized spacial score (nSPS) is 10.4. The minimum atomic E-state index is -1.06. The number of carboxylic acid groups (broad SMARTS) is 1. The Morgan fingerprint density at radius 3 is 2.41 bits per heavy atom. The van der Waals surface area contributed by atoms with Crippen molar-refractivity contribution in [3.8, 4) is 17.2 Å². The van der Waals surface area contributed by atoms with Crippen molar-refractivity contribution in [3.05, 3.63) is 54.2 Å². The maximum absolute atomic E-state index is 11.7. The van der Waals surface area contributed by atoms with Gasteiger partial charge in [0.2, 0.25) is 0 Å². The van der Waals surface area contributed by atoms with Crippen LogP contribution < -0.4 is 20.1 Å². The van der Waals surface area contributed by atoms with Crippen molar-refractivity contribution >= 4 is 28.6 Å². The van der Waals surface area contributed by atoms with E-state index in [9.17, 15) is 9.59 Å². The third kappa shape index (κ3) is 3.59. The second-order valence-corrected chi connectivity index (χ2v) is 5.68. The Morgan fingerprint density at radius 2 is 1.81 bits per heavy atom. The summed E-state index contributed by atoms with van der Waals surface area (Å²) < 4.78 is 11.1. The van der Waals surface area contributed by atoms with Gasteiger partial charge in [-0.1, -0.05) is 0 Å². The Hall–Kier alpha value is -3.81. The van der Waals surface area contributed by atoms with Gasteiger partial charge in [-0.2, -0.15) is 0 Å². The smallest absolute Gasteiger partial charge is 0.411 e. The van der Waals surface area contributed by atoms with Gasteiger partial charge in [0.25, 0.3) is 5.91 Å². The Labute approximate surface area is 154 Å². The van der Waals surface area contributed by atoms with E-state index in [1.165, 1.54) is 14.2 Å². The van der Waals surface area contributed by atoms with Gasteiger partial charge in [-0.25, -0.2) is 4.79 Å². The number of amides is 2. The third-order valence-electron chi connectivity index (χ3n) is 4.03. The molecule has 8 heteroatoms. The van der Waals surface area contributed by atoms with Crippen LogP contribution in [0.25, 0.3) is 10.9 Å². The molecule has 0 fully saturated rings. The molecule has 1 aromatic heterocycles. The van der Waals surface area contributed by atoms with Crippen LogP contribution in [0.4, 0.5) is 10.5 Å². The highest BCUT2D eigenvalue weighted by molar-refractivity contribution is 6.01. The zero-order valence-electron chi connectivity index (χ0n) is 14.7. The van der Waals surface area contributed by atoms with Gasteiger partial charge in [0.05, 0.1) is 18.2 Å². The lowest BCUT2D eigenvalue weighted by atomic mass is 10.1. The molecule has 0 unspecified atom stereocenters. The molecule has 0 aliphatic carbocycles. The number of carbonyl (C=O) groups is 2. The van der Waals surface area contributed by atoms with Crippen LogP contribution in [0.5, 0.6) is 17.2 Å². The van der Waals surface area contributed by atoms with Gasteiger partial charge in [-0.05, 0) is 36.4 Å². The molecule has 0 radical (unpaired) electrons. The lowest BCUT2D eigenvalue weighted by molar-refractivity contribution is 0.0997. The number of rotatable bonds is 5. The Morgan fingerprint density at radius 1 is 1.11 bits per heavy atom. The van der Waals surface area contributed by atoms with Crippen LogP contribution >= 0.6 is 0 Å². The van der Waals surface area contributed by atoms with E-state index in [4.69, 9.17) is 20.3 Å². The molecule has 0 spiro atoms. The number of fused-ring (bicyclic) bond motifs is 1. The number of hydrogen-bond donors (Lipinski definition) is 2. The summed E-state index contributed by atoms with van der Waals surface area (Å²) in [6.45, 7) is 0. The Kier molecular flexibility index (Phi) is 4.80. The monoisotopic (exact) mass is 367 g/mol. The van der Waals surface area contributed by atoms with E-state index < -0.39 is 12.0 Å². The average molecular weight is 367 g/mol. The lowest BCUT2D eigenvalue weighted by Gasteiger charge is -2.14. The maximum atomic E-state index is 11.7. The van der Waals surface area contributed by atoms with Crippen molar-refractivity contribution in [1.82, 2.24) is 4.98 Å². The number of benzene rings is 2. The van der Waals surface area contributed by atoms with E-state index in [0.717, 1.165) is 4.90 Å². The van der Waals surface area contributed by atoms with Gasteiger partial charge in [0.15, 0.2) is 0 Å². The summed E-state index contributed by atoms with van der Waals surface area (Å²) in [5.41, 5.74) is 6.73. The molecule has 0 saturated heterocycles. The van der Waals surface area contributed by atoms with E-state index in [0.29, 0.717) is 33.8 Å². The summed E-state index contributed by atoms with van der Waals surface area (Å²) in [6, 6.07) is 11.4. The average Bonchev–Trinajstić information content (AvgIpc) is 2.67. The standard InChI is InChI=1S/C19H17N3O5/c1-22(19(24)25)11-3-5-12(6-4-11)27-16-7-8-21-15-10-17(26-2)14(18(20)23)9-13(15)16/h3-10H,1-2H3,(H2,20,23)(H,24,25). The van der Waals surface area contributed by atoms with E-state index in [2.05, 4.69) is 4.98 Å². The summed E-state index contributed by atoms with van der Waals surface area (Å²) in [5, 5.41) is 9.61. The molecule has 8 nitrogen and oxygen atoms in total. The first kappa shape index (κ1) is 18.0. The van der Waals surface area contributed by atoms with Crippen LogP contribution in [-0.2, 0) is 0 Å². The number of methoxy groups -OCH3 is 1. The Balaban J connectivity index is 1.98. The summed E-state index contributed by atoms with van der Waals surface area (Å²) in [7, 11) is 2.90. The van der Waals surface area contributed by atoms with Crippen LogP contribution in [0.2, 0.25) is 0 Å². The molecule has 0 bridgehead atoms. The van der Waals surface area contributed by atoms with Crippen molar-refractivity contribution < 1.29 is 24.2 Å². The van der Waals surface area contributed by atoms with Crippen molar-refractivity contribution in [2.24, 2.45) is 5.73 Å². The highest BCUT2D eigenvalue weighted by atomic mass is 16.5. The predicted molar refractivity (Wildman–Crippen MR) is 99.8 cm³/mol. The number of carbonyl (C=O) groups excluding carboxylic acids is 1. The zero-order chi connectivity index (χ0) is 19.6. The fourth-order valence-corrected chi connectivity index (χ4v) is 2.57. The van der Waals surface area contributed by atoms with Gasteiger partial charge < -0.3 is 20.3 Å². The Bertz CT molecular complexity index is 1020. The van der Waals surface area contributed by atoms with Crippen molar-refractivity contribution in [1.29, 1.82) is 0 Å². The summed E-state index contributed by atoms with van der Waals surface area (Å²) in [5.74, 6) is 0.691. The van der Waals surface area contributed by atoms with Gasteiger partial charge in [0.1, 0.15) is 17.2 Å². The molecule has 138 valence electrons. The number of anilines is 1. The zero-order valence-corrected chi connectivity index (χ0v) is 14.7. The van der Waals surface area contributed by atoms with Crippen molar-refractivity contribution in [2.45, 2.75) is 0 Å². The summed E-state index contributed by atoms with van der Waals surface area (Å²) in [6.07, 6.45) is 0.518. The molecular formula is C19H17N3O5. The number of nitrogens with two attached hydrogens (primary N) is 1. The predicted octanol–water partition coefficient (Wildman–Crippen LogP) is 3.25. The molecule has 27 heavy (non-hydrogen) atoms. The second kappa shape index (κ2) is 7.20. The molecule has 3 N–H and O–H groups in total. The van der Waals surface area contributed by atoms with Crippen LogP contribution in [0.1, 0.15) is 10.4 Å². The minimum Gasteiger partial charge on any atom is -0.496 e. The molecular weight excluding hydrogens is 350 g/mol. The number of hydrogen-bond acceptors (Lipinski definition) is 5. The van der Waals surface area contributed by atoms with Gasteiger partial charge >= 0.3 is 6.09 Å². The van der Waals surface area contributed by atoms with E-state index in [-0.39, 0.29) is 5.56 Å². The third-order valence-corrected chi connectivity index (χ3v) is 4.03. The molecule has 3 rings (SSSR count). The SMILES string of the molecule is COc1cc2nccc(Oc3ccc(N(C)C(=O)O)cc3)c2cc1C(N)=O. The number of nitrogens with zero attached hydrogens (tertiary/aromatic N) is 2. The second-order valence-electron chi connectivity index (χ2n) is 5.68. The van der Waals surface area contributed by atoms with Gasteiger partial charge in [-0.3, -0.25) is 14.7 Å². The summed E-state index contributed by atoms with van der Waals surface area (Å²) >= 11 is 0. The molecule has 0 aliphatic rings. The van der Waals surface area contributed by atoms with Crippen LogP contribution in [0.3, 0.4) is 0 Å². The largest absolute Gasteiger partial charge is 0.496 e. The molecule has 0 saturated carbocycles. The van der Waals surface area contributed by atoms with E-state index in [1.54, 1.807) is 48.7 Å². The van der Waals surface area contributed by atoms with E-state index >= 15 is 0 Å². The van der Waals surface area contributed by atoms with Crippen LogP contribution in [0, 0.1) is 0 Å². The highest BCUT2D eigenvalue weighted by Gasteiger charge is 2.14. The van der Waals surface area contributed by atoms with Crippen molar-refractivity contribution in [3.63, 3.8) is 0 Å². The molecule has 0 aliphatic heterocycles. The first-order valence-corrected chi connectivity index (χ1v) is 7.92.